The second-order valence-electron chi connectivity index (χ2n) is 7.46. The van der Waals surface area contributed by atoms with Gasteiger partial charge >= 0.3 is 6.03 Å². The fraction of sp³-hybridized carbons (Fsp3) is 0.526. The van der Waals surface area contributed by atoms with Crippen molar-refractivity contribution in [2.24, 2.45) is 13.0 Å². The molecule has 9 heteroatoms. The molecule has 1 N–H and O–H groups in total. The monoisotopic (exact) mass is 383 g/mol. The van der Waals surface area contributed by atoms with E-state index in [0.29, 0.717) is 18.1 Å². The first kappa shape index (κ1) is 18.4. The highest BCUT2D eigenvalue weighted by Gasteiger charge is 2.31. The van der Waals surface area contributed by atoms with E-state index < -0.39 is 0 Å². The normalized spacial score (nSPS) is 19.7. The summed E-state index contributed by atoms with van der Waals surface area (Å²) in [5.41, 5.74) is 1.54. The predicted octanol–water partition coefficient (Wildman–Crippen LogP) is 1.74. The molecule has 2 fully saturated rings. The Bertz CT molecular complexity index is 859. The number of aryl methyl sites for hydroxylation is 1. The third-order valence-electron chi connectivity index (χ3n) is 5.45. The number of amides is 3. The van der Waals surface area contributed by atoms with E-state index in [4.69, 9.17) is 0 Å². The Hall–Kier alpha value is -2.97. The van der Waals surface area contributed by atoms with E-state index >= 15 is 0 Å². The van der Waals surface area contributed by atoms with Gasteiger partial charge in [0, 0.05) is 44.5 Å². The minimum Gasteiger partial charge on any atom is -0.326 e. The molecule has 0 aliphatic carbocycles. The molecule has 1 aromatic heterocycles. The molecule has 2 aliphatic rings. The van der Waals surface area contributed by atoms with E-state index in [2.05, 4.69) is 20.8 Å². The largest absolute Gasteiger partial charge is 0.326 e. The number of hydrogen-bond donors (Lipinski definition) is 1. The summed E-state index contributed by atoms with van der Waals surface area (Å²) in [7, 11) is 1.77. The number of nitrogens with one attached hydrogen (secondary N) is 1. The fourth-order valence-corrected chi connectivity index (χ4v) is 3.93. The molecule has 1 aromatic carbocycles. The Morgan fingerprint density at radius 1 is 1.11 bits per heavy atom. The van der Waals surface area contributed by atoms with E-state index in [1.165, 1.54) is 0 Å². The van der Waals surface area contributed by atoms with E-state index in [9.17, 15) is 9.59 Å². The number of anilines is 1. The smallest absolute Gasteiger partial charge is 0.320 e. The van der Waals surface area contributed by atoms with Crippen molar-refractivity contribution < 1.29 is 9.59 Å². The zero-order valence-electron chi connectivity index (χ0n) is 16.0. The summed E-state index contributed by atoms with van der Waals surface area (Å²) in [5.74, 6) is 0.392. The van der Waals surface area contributed by atoms with E-state index in [0.717, 1.165) is 50.9 Å². The van der Waals surface area contributed by atoms with Crippen molar-refractivity contribution in [2.45, 2.75) is 25.7 Å². The molecule has 4 rings (SSSR count). The summed E-state index contributed by atoms with van der Waals surface area (Å²) in [5, 5.41) is 14.5. The Balaban J connectivity index is 1.40. The van der Waals surface area contributed by atoms with Gasteiger partial charge in [-0.1, -0.05) is 12.1 Å². The maximum atomic E-state index is 12.8. The quantitative estimate of drug-likeness (QED) is 0.871. The summed E-state index contributed by atoms with van der Waals surface area (Å²) in [6, 6.07) is 7.55. The molecule has 0 unspecified atom stereocenters. The van der Waals surface area contributed by atoms with Gasteiger partial charge in [-0.2, -0.15) is 0 Å². The van der Waals surface area contributed by atoms with Gasteiger partial charge in [-0.05, 0) is 48.2 Å². The van der Waals surface area contributed by atoms with Gasteiger partial charge in [0.05, 0.1) is 5.92 Å². The van der Waals surface area contributed by atoms with Gasteiger partial charge in [-0.25, -0.2) is 9.48 Å². The molecule has 3 heterocycles. The molecule has 2 aliphatic heterocycles. The van der Waals surface area contributed by atoms with Crippen LogP contribution < -0.4 is 5.32 Å². The lowest BCUT2D eigenvalue weighted by atomic mass is 9.97. The van der Waals surface area contributed by atoms with Gasteiger partial charge in [-0.3, -0.25) is 4.79 Å². The molecule has 9 nitrogen and oxygen atoms in total. The SMILES string of the molecule is Cn1nnnc1-c1cccc(NC(=O)[C@@H]2CCCN(C(=O)N3CCCC3)C2)c1. The molecule has 0 bridgehead atoms. The number of carbonyl (C=O) groups excluding carboxylic acids is 2. The lowest BCUT2D eigenvalue weighted by Gasteiger charge is -2.34. The van der Waals surface area contributed by atoms with Crippen LogP contribution >= 0.6 is 0 Å². The average molecular weight is 383 g/mol. The molecular weight excluding hydrogens is 358 g/mol. The van der Waals surface area contributed by atoms with E-state index in [1.807, 2.05) is 34.1 Å². The van der Waals surface area contributed by atoms with Gasteiger partial charge in [0.2, 0.25) is 5.91 Å². The topological polar surface area (TPSA) is 96.2 Å². The summed E-state index contributed by atoms with van der Waals surface area (Å²) in [6.07, 6.45) is 3.78. The van der Waals surface area contributed by atoms with Crippen LogP contribution in [0.4, 0.5) is 10.5 Å². The zero-order valence-corrected chi connectivity index (χ0v) is 16.0. The molecule has 28 heavy (non-hydrogen) atoms. The molecular formula is C19H25N7O2. The highest BCUT2D eigenvalue weighted by molar-refractivity contribution is 5.93. The van der Waals surface area contributed by atoms with E-state index in [-0.39, 0.29) is 17.9 Å². The highest BCUT2D eigenvalue weighted by Crippen LogP contribution is 2.23. The van der Waals surface area contributed by atoms with Crippen molar-refractivity contribution in [2.75, 3.05) is 31.5 Å². The minimum absolute atomic E-state index is 0.0489. The number of hydrogen-bond acceptors (Lipinski definition) is 5. The number of nitrogens with zero attached hydrogens (tertiary/aromatic N) is 6. The number of piperidine rings is 1. The summed E-state index contributed by atoms with van der Waals surface area (Å²) < 4.78 is 1.59. The van der Waals surface area contributed by atoms with Gasteiger partial charge in [-0.15, -0.1) is 5.10 Å². The van der Waals surface area contributed by atoms with Gasteiger partial charge < -0.3 is 15.1 Å². The van der Waals surface area contributed by atoms with Crippen LogP contribution in [0.5, 0.6) is 0 Å². The molecule has 0 spiro atoms. The Kier molecular flexibility index (Phi) is 5.23. The average Bonchev–Trinajstić information content (AvgIpc) is 3.39. The first-order valence-corrected chi connectivity index (χ1v) is 9.79. The number of aromatic nitrogens is 4. The van der Waals surface area contributed by atoms with Crippen LogP contribution in [0, 0.1) is 5.92 Å². The number of urea groups is 1. The number of tetrazole rings is 1. The van der Waals surface area contributed by atoms with Gasteiger partial charge in [0.25, 0.3) is 0 Å². The van der Waals surface area contributed by atoms with Crippen molar-refractivity contribution >= 4 is 17.6 Å². The van der Waals surface area contributed by atoms with Crippen LogP contribution in [0.3, 0.4) is 0 Å². The van der Waals surface area contributed by atoms with Gasteiger partial charge in [0.15, 0.2) is 5.82 Å². The van der Waals surface area contributed by atoms with Crippen LogP contribution in [0.15, 0.2) is 24.3 Å². The first-order valence-electron chi connectivity index (χ1n) is 9.79. The van der Waals surface area contributed by atoms with Crippen LogP contribution in [0.1, 0.15) is 25.7 Å². The first-order chi connectivity index (χ1) is 13.6. The van der Waals surface area contributed by atoms with Crippen LogP contribution in [-0.2, 0) is 11.8 Å². The Labute approximate surface area is 163 Å². The highest BCUT2D eigenvalue weighted by atomic mass is 16.2. The van der Waals surface area contributed by atoms with E-state index in [1.54, 1.807) is 11.7 Å². The van der Waals surface area contributed by atoms with Crippen molar-refractivity contribution in [1.82, 2.24) is 30.0 Å². The van der Waals surface area contributed by atoms with Gasteiger partial charge in [0.1, 0.15) is 0 Å². The standard InChI is InChI=1S/C19H25N7O2/c1-24-17(21-22-23-24)14-6-4-8-16(12-14)20-18(27)15-7-5-11-26(13-15)19(28)25-9-2-3-10-25/h4,6,8,12,15H,2-3,5,7,9-11,13H2,1H3,(H,20,27)/t15-/m1/s1. The third-order valence-corrected chi connectivity index (χ3v) is 5.45. The molecule has 2 saturated heterocycles. The molecule has 2 aromatic rings. The third kappa shape index (κ3) is 3.83. The fourth-order valence-electron chi connectivity index (χ4n) is 3.93. The molecule has 3 amide bonds. The minimum atomic E-state index is -0.194. The lowest BCUT2D eigenvalue weighted by molar-refractivity contribution is -0.121. The Morgan fingerprint density at radius 3 is 2.64 bits per heavy atom. The predicted molar refractivity (Wildman–Crippen MR) is 103 cm³/mol. The Morgan fingerprint density at radius 2 is 1.89 bits per heavy atom. The second-order valence-corrected chi connectivity index (χ2v) is 7.46. The van der Waals surface area contributed by atoms with Crippen LogP contribution in [0.25, 0.3) is 11.4 Å². The zero-order chi connectivity index (χ0) is 19.5. The number of likely N-dealkylation sites (tertiary alicyclic amines) is 2. The van der Waals surface area contributed by atoms with Crippen LogP contribution in [-0.4, -0.2) is 68.1 Å². The van der Waals surface area contributed by atoms with Crippen molar-refractivity contribution in [3.63, 3.8) is 0 Å². The van der Waals surface area contributed by atoms with Crippen molar-refractivity contribution in [1.29, 1.82) is 0 Å². The molecule has 1 atom stereocenters. The number of benzene rings is 1. The summed E-state index contributed by atoms with van der Waals surface area (Å²) in [6.45, 7) is 2.87. The maximum absolute atomic E-state index is 12.8. The lowest BCUT2D eigenvalue weighted by Crippen LogP contribution is -2.48. The van der Waals surface area contributed by atoms with Crippen molar-refractivity contribution in [3.05, 3.63) is 24.3 Å². The number of rotatable bonds is 3. The maximum Gasteiger partial charge on any atom is 0.320 e. The number of carbonyl (C=O) groups is 2. The van der Waals surface area contributed by atoms with Crippen molar-refractivity contribution in [3.8, 4) is 11.4 Å². The second kappa shape index (κ2) is 7.95. The van der Waals surface area contributed by atoms with Crippen LogP contribution in [0.2, 0.25) is 0 Å². The summed E-state index contributed by atoms with van der Waals surface area (Å²) in [4.78, 5) is 29.2. The molecule has 0 saturated carbocycles. The summed E-state index contributed by atoms with van der Waals surface area (Å²) >= 11 is 0. The molecule has 148 valence electrons. The molecule has 0 radical (unpaired) electrons.